The molecule has 1 aliphatic rings. The smallest absolute Gasteiger partial charge is 0.311 e. The summed E-state index contributed by atoms with van der Waals surface area (Å²) >= 11 is 0. The van der Waals surface area contributed by atoms with E-state index in [2.05, 4.69) is 10.0 Å². The van der Waals surface area contributed by atoms with Gasteiger partial charge in [-0.25, -0.2) is 0 Å². The fourth-order valence-electron chi connectivity index (χ4n) is 1.67. The molecule has 0 aromatic heterocycles. The van der Waals surface area contributed by atoms with Crippen molar-refractivity contribution in [3.05, 3.63) is 22.6 Å². The Kier molecular flexibility index (Phi) is 6.40. The predicted molar refractivity (Wildman–Crippen MR) is 86.7 cm³/mol. The number of azide groups is 1. The minimum Gasteiger partial charge on any atom is -0.462 e. The first-order valence-corrected chi connectivity index (χ1v) is 7.71. The van der Waals surface area contributed by atoms with E-state index in [1.165, 1.54) is 6.08 Å². The lowest BCUT2D eigenvalue weighted by molar-refractivity contribution is -0.174. The molecule has 0 bridgehead atoms. The molecule has 0 fully saturated rings. The Morgan fingerprint density at radius 1 is 1.12 bits per heavy atom. The van der Waals surface area contributed by atoms with Crippen LogP contribution in [0, 0.1) is 10.8 Å². The number of hydrogen-bond acceptors (Lipinski definition) is 6. The van der Waals surface area contributed by atoms with Crippen LogP contribution < -0.4 is 0 Å². The summed E-state index contributed by atoms with van der Waals surface area (Å²) in [7, 11) is 0. The topological polar surface area (TPSA) is 111 Å². The highest BCUT2D eigenvalue weighted by molar-refractivity contribution is 5.76. The van der Waals surface area contributed by atoms with Crippen LogP contribution in [0.25, 0.3) is 10.4 Å². The molecule has 0 aromatic rings. The van der Waals surface area contributed by atoms with Crippen molar-refractivity contribution in [3.8, 4) is 0 Å². The quantitative estimate of drug-likeness (QED) is 0.257. The van der Waals surface area contributed by atoms with E-state index in [1.54, 1.807) is 47.6 Å². The highest BCUT2D eigenvalue weighted by Gasteiger charge is 2.35. The van der Waals surface area contributed by atoms with Crippen molar-refractivity contribution < 1.29 is 23.8 Å². The van der Waals surface area contributed by atoms with Crippen LogP contribution in [0.5, 0.6) is 0 Å². The molecule has 0 radical (unpaired) electrons. The molecule has 3 atom stereocenters. The minimum atomic E-state index is -0.835. The molecular weight excluding hydrogens is 314 g/mol. The number of rotatable bonds is 4. The van der Waals surface area contributed by atoms with E-state index in [-0.39, 0.29) is 6.61 Å². The number of hydrogen-bond donors (Lipinski definition) is 0. The second-order valence-electron chi connectivity index (χ2n) is 7.62. The summed E-state index contributed by atoms with van der Waals surface area (Å²) in [6, 6.07) is 0. The van der Waals surface area contributed by atoms with Crippen LogP contribution in [-0.2, 0) is 23.8 Å². The SMILES string of the molecule is CC(C)(C)C(=O)OC[C@H]1O[C@H](N=[N+]=[N-])C=C[C@@H]1OC(=O)C(C)(C)C. The monoisotopic (exact) mass is 339 g/mol. The molecule has 0 unspecified atom stereocenters. The van der Waals surface area contributed by atoms with Gasteiger partial charge in [0.25, 0.3) is 0 Å². The molecule has 1 aliphatic heterocycles. The zero-order chi connectivity index (χ0) is 18.5. The fourth-order valence-corrected chi connectivity index (χ4v) is 1.67. The van der Waals surface area contributed by atoms with Crippen molar-refractivity contribution >= 4 is 11.9 Å². The van der Waals surface area contributed by atoms with Crippen molar-refractivity contribution in [2.75, 3.05) is 6.61 Å². The molecule has 0 amide bonds. The van der Waals surface area contributed by atoms with Gasteiger partial charge in [-0.05, 0) is 53.1 Å². The van der Waals surface area contributed by atoms with Gasteiger partial charge in [-0.1, -0.05) is 11.2 Å². The molecule has 8 heteroatoms. The summed E-state index contributed by atoms with van der Waals surface area (Å²) < 4.78 is 16.2. The fraction of sp³-hybridized carbons (Fsp3) is 0.750. The van der Waals surface area contributed by atoms with Gasteiger partial charge in [-0.3, -0.25) is 9.59 Å². The van der Waals surface area contributed by atoms with Crippen LogP contribution in [-0.4, -0.2) is 37.0 Å². The van der Waals surface area contributed by atoms with Crippen LogP contribution in [0.2, 0.25) is 0 Å². The van der Waals surface area contributed by atoms with E-state index in [0.29, 0.717) is 0 Å². The average molecular weight is 339 g/mol. The average Bonchev–Trinajstić information content (AvgIpc) is 2.45. The van der Waals surface area contributed by atoms with Gasteiger partial charge in [-0.2, -0.15) is 0 Å². The van der Waals surface area contributed by atoms with Crippen LogP contribution >= 0.6 is 0 Å². The van der Waals surface area contributed by atoms with Gasteiger partial charge in [0.05, 0.1) is 10.8 Å². The second kappa shape index (κ2) is 7.68. The van der Waals surface area contributed by atoms with Gasteiger partial charge in [0.2, 0.25) is 0 Å². The molecule has 24 heavy (non-hydrogen) atoms. The summed E-state index contributed by atoms with van der Waals surface area (Å²) in [6.45, 7) is 10.3. The van der Waals surface area contributed by atoms with E-state index in [9.17, 15) is 9.59 Å². The minimum absolute atomic E-state index is 0.111. The van der Waals surface area contributed by atoms with E-state index in [0.717, 1.165) is 0 Å². The summed E-state index contributed by atoms with van der Waals surface area (Å²) in [4.78, 5) is 26.7. The van der Waals surface area contributed by atoms with E-state index >= 15 is 0 Å². The number of ether oxygens (including phenoxy) is 3. The summed E-state index contributed by atoms with van der Waals surface area (Å²) in [5.74, 6) is -0.808. The molecule has 8 nitrogen and oxygen atoms in total. The lowest BCUT2D eigenvalue weighted by Crippen LogP contribution is -2.43. The molecule has 0 saturated carbocycles. The maximum absolute atomic E-state index is 12.1. The Balaban J connectivity index is 2.84. The van der Waals surface area contributed by atoms with Crippen molar-refractivity contribution in [2.45, 2.75) is 60.0 Å². The first-order valence-electron chi connectivity index (χ1n) is 7.71. The molecule has 0 saturated heterocycles. The van der Waals surface area contributed by atoms with Crippen molar-refractivity contribution in [1.29, 1.82) is 0 Å². The summed E-state index contributed by atoms with van der Waals surface area (Å²) in [5.41, 5.74) is 7.18. The Hall–Kier alpha value is -2.05. The number of esters is 2. The standard InChI is InChI=1S/C16H25N3O5/c1-15(2,3)13(20)22-9-11-10(24-14(21)16(4,5)6)7-8-12(23-11)18-19-17/h7-8,10-12H,9H2,1-6H3/t10-,11+,12-/m0/s1. The van der Waals surface area contributed by atoms with E-state index in [4.69, 9.17) is 19.7 Å². The van der Waals surface area contributed by atoms with Crippen LogP contribution in [0.15, 0.2) is 17.3 Å². The van der Waals surface area contributed by atoms with Crippen molar-refractivity contribution in [3.63, 3.8) is 0 Å². The lowest BCUT2D eigenvalue weighted by atomic mass is 9.97. The van der Waals surface area contributed by atoms with Gasteiger partial charge < -0.3 is 14.2 Å². The lowest BCUT2D eigenvalue weighted by Gasteiger charge is -2.32. The number of nitrogens with zero attached hydrogens (tertiary/aromatic N) is 3. The second-order valence-corrected chi connectivity index (χ2v) is 7.62. The molecular formula is C16H25N3O5. The Bertz CT molecular complexity index is 553. The van der Waals surface area contributed by atoms with Crippen LogP contribution in [0.1, 0.15) is 41.5 Å². The first-order chi connectivity index (χ1) is 10.9. The number of carbonyl (C=O) groups excluding carboxylic acids is 2. The van der Waals surface area contributed by atoms with Gasteiger partial charge >= 0.3 is 11.9 Å². The normalized spacial score (nSPS) is 24.0. The highest BCUT2D eigenvalue weighted by atomic mass is 16.6. The zero-order valence-electron chi connectivity index (χ0n) is 15.0. The van der Waals surface area contributed by atoms with Crippen LogP contribution in [0.3, 0.4) is 0 Å². The highest BCUT2D eigenvalue weighted by Crippen LogP contribution is 2.23. The van der Waals surface area contributed by atoms with Crippen molar-refractivity contribution in [1.82, 2.24) is 0 Å². The molecule has 1 rings (SSSR count). The zero-order valence-corrected chi connectivity index (χ0v) is 15.0. The molecule has 0 aromatic carbocycles. The van der Waals surface area contributed by atoms with Gasteiger partial charge in [0.15, 0.2) is 6.23 Å². The molecule has 0 N–H and O–H groups in total. The third-order valence-electron chi connectivity index (χ3n) is 3.16. The van der Waals surface area contributed by atoms with E-state index in [1.807, 2.05) is 0 Å². The maximum atomic E-state index is 12.1. The predicted octanol–water partition coefficient (Wildman–Crippen LogP) is 3.13. The maximum Gasteiger partial charge on any atom is 0.311 e. The van der Waals surface area contributed by atoms with Crippen LogP contribution in [0.4, 0.5) is 0 Å². The molecule has 134 valence electrons. The third-order valence-corrected chi connectivity index (χ3v) is 3.16. The number of carbonyl (C=O) groups is 2. The van der Waals surface area contributed by atoms with Crippen molar-refractivity contribution in [2.24, 2.45) is 15.9 Å². The Labute approximate surface area is 141 Å². The van der Waals surface area contributed by atoms with E-state index < -0.39 is 41.2 Å². The first kappa shape index (κ1) is 20.0. The van der Waals surface area contributed by atoms with Gasteiger partial charge in [-0.15, -0.1) is 0 Å². The largest absolute Gasteiger partial charge is 0.462 e. The molecule has 1 heterocycles. The Morgan fingerprint density at radius 2 is 1.71 bits per heavy atom. The molecule has 0 aliphatic carbocycles. The Morgan fingerprint density at radius 3 is 2.21 bits per heavy atom. The summed E-state index contributed by atoms with van der Waals surface area (Å²) in [6.07, 6.45) is 0.778. The molecule has 0 spiro atoms. The third kappa shape index (κ3) is 5.86. The van der Waals surface area contributed by atoms with Gasteiger partial charge in [0.1, 0.15) is 18.8 Å². The summed E-state index contributed by atoms with van der Waals surface area (Å²) in [5, 5.41) is 3.46. The van der Waals surface area contributed by atoms with Gasteiger partial charge in [0, 0.05) is 4.91 Å².